The van der Waals surface area contributed by atoms with Gasteiger partial charge in [-0.05, 0) is 30.3 Å². The van der Waals surface area contributed by atoms with Crippen LogP contribution in [0.1, 0.15) is 16.7 Å². The van der Waals surface area contributed by atoms with E-state index < -0.39 is 16.7 Å². The second-order valence-electron chi connectivity index (χ2n) is 5.96. The van der Waals surface area contributed by atoms with Crippen LogP contribution in [-0.4, -0.2) is 14.4 Å². The summed E-state index contributed by atoms with van der Waals surface area (Å²) in [4.78, 5) is 0.599. The van der Waals surface area contributed by atoms with Crippen LogP contribution in [0.3, 0.4) is 0 Å². The van der Waals surface area contributed by atoms with Gasteiger partial charge in [0.1, 0.15) is 23.0 Å². The highest BCUT2D eigenvalue weighted by atomic mass is 32.2. The van der Waals surface area contributed by atoms with E-state index in [0.717, 1.165) is 5.56 Å². The largest absolute Gasteiger partial charge is 0.508 e. The van der Waals surface area contributed by atoms with Crippen LogP contribution in [-0.2, 0) is 20.9 Å². The number of rotatable bonds is 0. The highest BCUT2D eigenvalue weighted by molar-refractivity contribution is 7.80. The Morgan fingerprint density at radius 1 is 0.800 bits per heavy atom. The van der Waals surface area contributed by atoms with E-state index in [9.17, 15) is 14.4 Å². The van der Waals surface area contributed by atoms with Crippen LogP contribution < -0.4 is 4.74 Å². The molecule has 3 aromatic rings. The highest BCUT2D eigenvalue weighted by Gasteiger charge is 2.52. The maximum atomic E-state index is 12.6. The smallest absolute Gasteiger partial charge is 0.191 e. The topological polar surface area (TPSA) is 76.0 Å². The number of aromatic hydroxyl groups is 2. The van der Waals surface area contributed by atoms with Gasteiger partial charge in [0.25, 0.3) is 0 Å². The van der Waals surface area contributed by atoms with Crippen molar-refractivity contribution in [1.29, 1.82) is 0 Å². The number of hydrogen-bond acceptors (Lipinski definition) is 5. The average molecular weight is 352 g/mol. The highest BCUT2D eigenvalue weighted by Crippen LogP contribution is 2.57. The molecule has 3 aromatic carbocycles. The van der Waals surface area contributed by atoms with Crippen molar-refractivity contribution in [2.75, 3.05) is 0 Å². The van der Waals surface area contributed by atoms with Gasteiger partial charge in [-0.15, -0.1) is 0 Å². The van der Waals surface area contributed by atoms with E-state index in [1.165, 1.54) is 12.1 Å². The average Bonchev–Trinajstić information content (AvgIpc) is 2.88. The molecule has 1 atom stereocenters. The molecular formula is C19H12O5S. The van der Waals surface area contributed by atoms with Gasteiger partial charge >= 0.3 is 0 Å². The summed E-state index contributed by atoms with van der Waals surface area (Å²) >= 11 is -1.64. The number of benzene rings is 3. The predicted octanol–water partition coefficient (Wildman–Crippen LogP) is 3.55. The van der Waals surface area contributed by atoms with Gasteiger partial charge in [-0.2, -0.15) is 0 Å². The molecule has 0 fully saturated rings. The lowest BCUT2D eigenvalue weighted by atomic mass is 9.78. The third-order valence-corrected chi connectivity index (χ3v) is 5.67. The first-order chi connectivity index (χ1) is 12.1. The monoisotopic (exact) mass is 352 g/mol. The number of hydrogen-bond donors (Lipinski definition) is 2. The molecule has 0 radical (unpaired) electrons. The first-order valence-electron chi connectivity index (χ1n) is 7.65. The van der Waals surface area contributed by atoms with E-state index in [-0.39, 0.29) is 11.5 Å². The van der Waals surface area contributed by atoms with E-state index in [1.807, 2.05) is 18.2 Å². The number of ether oxygens (including phenoxy) is 1. The van der Waals surface area contributed by atoms with Crippen molar-refractivity contribution in [2.24, 2.45) is 0 Å². The van der Waals surface area contributed by atoms with Crippen molar-refractivity contribution in [3.8, 4) is 23.0 Å². The van der Waals surface area contributed by atoms with Gasteiger partial charge in [0.15, 0.2) is 16.7 Å². The zero-order chi connectivity index (χ0) is 17.2. The van der Waals surface area contributed by atoms with Crippen LogP contribution in [0.4, 0.5) is 0 Å². The summed E-state index contributed by atoms with van der Waals surface area (Å²) in [6.45, 7) is 0. The van der Waals surface area contributed by atoms with Gasteiger partial charge in [0.05, 0.1) is 4.90 Å². The molecule has 2 aliphatic rings. The van der Waals surface area contributed by atoms with Gasteiger partial charge < -0.3 is 14.9 Å². The molecule has 0 saturated carbocycles. The van der Waals surface area contributed by atoms with Crippen molar-refractivity contribution in [3.63, 3.8) is 0 Å². The summed E-state index contributed by atoms with van der Waals surface area (Å²) in [6, 6.07) is 16.8. The Hall–Kier alpha value is -2.83. The molecule has 2 aliphatic heterocycles. The van der Waals surface area contributed by atoms with Gasteiger partial charge in [0, 0.05) is 28.8 Å². The molecule has 5 nitrogen and oxygen atoms in total. The summed E-state index contributed by atoms with van der Waals surface area (Å²) in [5, 5.41) is 19.7. The van der Waals surface area contributed by atoms with Crippen LogP contribution in [0.25, 0.3) is 0 Å². The Bertz CT molecular complexity index is 1010. The normalized spacial score (nSPS) is 19.0. The second-order valence-corrected chi connectivity index (χ2v) is 7.03. The maximum absolute atomic E-state index is 12.6. The molecule has 2 N–H and O–H groups in total. The lowest BCUT2D eigenvalue weighted by Crippen LogP contribution is -2.32. The molecule has 1 unspecified atom stereocenters. The zero-order valence-electron chi connectivity index (χ0n) is 12.8. The van der Waals surface area contributed by atoms with E-state index in [0.29, 0.717) is 27.5 Å². The summed E-state index contributed by atoms with van der Waals surface area (Å²) in [7, 11) is 0. The minimum atomic E-state index is -1.64. The van der Waals surface area contributed by atoms with E-state index >= 15 is 0 Å². The Kier molecular flexibility index (Phi) is 2.81. The minimum Gasteiger partial charge on any atom is -0.508 e. The summed E-state index contributed by atoms with van der Waals surface area (Å²) < 4.78 is 24.5. The fourth-order valence-electron chi connectivity index (χ4n) is 3.52. The molecule has 0 aromatic heterocycles. The summed E-state index contributed by atoms with van der Waals surface area (Å²) in [5.41, 5.74) is 0.949. The van der Waals surface area contributed by atoms with E-state index in [4.69, 9.17) is 8.92 Å². The number of phenols is 2. The van der Waals surface area contributed by atoms with Gasteiger partial charge in [-0.3, -0.25) is 4.18 Å². The first-order valence-corrected chi connectivity index (χ1v) is 8.73. The van der Waals surface area contributed by atoms with Crippen LogP contribution in [0.5, 0.6) is 23.0 Å². The van der Waals surface area contributed by atoms with Crippen molar-refractivity contribution < 1.29 is 23.3 Å². The lowest BCUT2D eigenvalue weighted by Gasteiger charge is -2.36. The van der Waals surface area contributed by atoms with Crippen molar-refractivity contribution in [3.05, 3.63) is 77.4 Å². The number of phenolic OH excluding ortho intramolecular Hbond substituents is 2. The Morgan fingerprint density at radius 3 is 2.04 bits per heavy atom. The molecule has 25 heavy (non-hydrogen) atoms. The summed E-state index contributed by atoms with van der Waals surface area (Å²) in [5.74, 6) is 0.883. The fraction of sp³-hybridized carbons (Fsp3) is 0.0526. The standard InChI is InChI=1S/C19H12O5S/c20-11-5-7-13-16(9-11)23-17-10-12(21)6-8-14(17)19(13)15-3-1-2-4-18(15)25(22)24-19/h1-10,20-21H. The lowest BCUT2D eigenvalue weighted by molar-refractivity contribution is 0.174. The van der Waals surface area contributed by atoms with Crippen LogP contribution in [0, 0.1) is 0 Å². The minimum absolute atomic E-state index is 0.0462. The van der Waals surface area contributed by atoms with Gasteiger partial charge in [0.2, 0.25) is 0 Å². The van der Waals surface area contributed by atoms with Gasteiger partial charge in [-0.25, -0.2) is 4.21 Å². The third kappa shape index (κ3) is 1.83. The zero-order valence-corrected chi connectivity index (χ0v) is 13.6. The molecule has 0 saturated heterocycles. The van der Waals surface area contributed by atoms with E-state index in [1.54, 1.807) is 30.3 Å². The van der Waals surface area contributed by atoms with Crippen LogP contribution in [0.15, 0.2) is 65.6 Å². The first kappa shape index (κ1) is 14.5. The van der Waals surface area contributed by atoms with Crippen LogP contribution >= 0.6 is 0 Å². The maximum Gasteiger partial charge on any atom is 0.191 e. The summed E-state index contributed by atoms with van der Waals surface area (Å²) in [6.07, 6.45) is 0. The van der Waals surface area contributed by atoms with Crippen molar-refractivity contribution in [1.82, 2.24) is 0 Å². The van der Waals surface area contributed by atoms with Crippen LogP contribution in [0.2, 0.25) is 0 Å². The molecule has 0 bridgehead atoms. The molecule has 5 rings (SSSR count). The third-order valence-electron chi connectivity index (χ3n) is 4.56. The van der Waals surface area contributed by atoms with E-state index in [2.05, 4.69) is 0 Å². The molecule has 124 valence electrons. The molecule has 0 amide bonds. The molecule has 0 aliphatic carbocycles. The number of fused-ring (bicyclic) bond motifs is 6. The fourth-order valence-corrected chi connectivity index (χ4v) is 4.69. The quantitative estimate of drug-likeness (QED) is 0.647. The molecule has 2 heterocycles. The van der Waals surface area contributed by atoms with Crippen molar-refractivity contribution in [2.45, 2.75) is 10.5 Å². The Morgan fingerprint density at radius 2 is 1.40 bits per heavy atom. The second kappa shape index (κ2) is 4.84. The predicted molar refractivity (Wildman–Crippen MR) is 90.1 cm³/mol. The SMILES string of the molecule is O=S1OC2(c3ccc(O)cc3Oc3cc(O)ccc32)c2ccccc21. The van der Waals surface area contributed by atoms with Crippen molar-refractivity contribution >= 4 is 11.1 Å². The molecular weight excluding hydrogens is 340 g/mol. The molecule has 6 heteroatoms. The Labute approximate surface area is 145 Å². The Balaban J connectivity index is 1.91. The molecule has 1 spiro atoms. The van der Waals surface area contributed by atoms with Gasteiger partial charge in [-0.1, -0.05) is 18.2 Å².